The van der Waals surface area contributed by atoms with Gasteiger partial charge in [0, 0.05) is 6.07 Å². The molecule has 0 saturated carbocycles. The second-order valence-electron chi connectivity index (χ2n) is 4.98. The molecule has 4 heteroatoms. The largest absolute Gasteiger partial charge is 0.486 e. The molecule has 2 aliphatic heterocycles. The molecule has 1 N–H and O–H groups in total. The normalized spacial score (nSPS) is 19.8. The Hall–Kier alpha value is -1.29. The lowest BCUT2D eigenvalue weighted by molar-refractivity contribution is 0.170. The van der Waals surface area contributed by atoms with Crippen LogP contribution in [0.25, 0.3) is 0 Å². The second-order valence-corrected chi connectivity index (χ2v) is 4.98. The molecule has 1 fully saturated rings. The molecule has 18 heavy (non-hydrogen) atoms. The fourth-order valence-electron chi connectivity index (χ4n) is 2.66. The number of fused-ring (bicyclic) bond motifs is 1. The van der Waals surface area contributed by atoms with Crippen LogP contribution in [0.1, 0.15) is 18.4 Å². The van der Waals surface area contributed by atoms with E-state index in [4.69, 9.17) is 9.47 Å². The zero-order valence-corrected chi connectivity index (χ0v) is 10.4. The summed E-state index contributed by atoms with van der Waals surface area (Å²) in [5.41, 5.74) is 0.756. The third-order valence-electron chi connectivity index (χ3n) is 3.68. The summed E-state index contributed by atoms with van der Waals surface area (Å²) < 4.78 is 24.9. The zero-order valence-electron chi connectivity index (χ0n) is 10.4. The van der Waals surface area contributed by atoms with Crippen LogP contribution >= 0.6 is 0 Å². The summed E-state index contributed by atoms with van der Waals surface area (Å²) in [7, 11) is 0. The van der Waals surface area contributed by atoms with Crippen molar-refractivity contribution >= 4 is 0 Å². The van der Waals surface area contributed by atoms with Gasteiger partial charge in [-0.15, -0.1) is 0 Å². The van der Waals surface area contributed by atoms with Gasteiger partial charge in [0.05, 0.1) is 0 Å². The summed E-state index contributed by atoms with van der Waals surface area (Å²) in [4.78, 5) is 0. The third kappa shape index (κ3) is 2.43. The monoisotopic (exact) mass is 251 g/mol. The molecule has 0 aliphatic carbocycles. The van der Waals surface area contributed by atoms with E-state index in [1.807, 2.05) is 6.07 Å². The minimum atomic E-state index is -0.169. The first-order valence-corrected chi connectivity index (χ1v) is 6.61. The summed E-state index contributed by atoms with van der Waals surface area (Å²) in [6.07, 6.45) is 3.03. The number of hydrogen-bond donors (Lipinski definition) is 1. The molecule has 0 spiro atoms. The summed E-state index contributed by atoms with van der Waals surface area (Å²) in [6.45, 7) is 3.12. The van der Waals surface area contributed by atoms with Crippen molar-refractivity contribution < 1.29 is 13.9 Å². The van der Waals surface area contributed by atoms with E-state index >= 15 is 0 Å². The van der Waals surface area contributed by atoms with Gasteiger partial charge in [-0.1, -0.05) is 0 Å². The van der Waals surface area contributed by atoms with Gasteiger partial charge in [-0.25, -0.2) is 4.39 Å². The number of nitrogens with one attached hydrogen (secondary N) is 1. The summed E-state index contributed by atoms with van der Waals surface area (Å²) in [6, 6.07) is 3.27. The maximum atomic E-state index is 14.0. The van der Waals surface area contributed by atoms with E-state index in [0.717, 1.165) is 37.9 Å². The SMILES string of the molecule is Fc1cc2c(cc1CC1CCNCC1)OCCO2. The van der Waals surface area contributed by atoms with Crippen LogP contribution in [0, 0.1) is 11.7 Å². The Morgan fingerprint density at radius 2 is 1.78 bits per heavy atom. The van der Waals surface area contributed by atoms with Crippen molar-refractivity contribution in [2.75, 3.05) is 26.3 Å². The summed E-state index contributed by atoms with van der Waals surface area (Å²) in [5, 5.41) is 3.33. The summed E-state index contributed by atoms with van der Waals surface area (Å²) in [5.74, 6) is 1.63. The average Bonchev–Trinajstić information content (AvgIpc) is 2.41. The predicted octanol–water partition coefficient (Wildman–Crippen LogP) is 2.14. The molecular weight excluding hydrogens is 233 g/mol. The van der Waals surface area contributed by atoms with Gasteiger partial charge in [-0.2, -0.15) is 0 Å². The van der Waals surface area contributed by atoms with Crippen molar-refractivity contribution in [3.05, 3.63) is 23.5 Å². The highest BCUT2D eigenvalue weighted by Gasteiger charge is 2.19. The van der Waals surface area contributed by atoms with E-state index in [9.17, 15) is 4.39 Å². The number of halogens is 1. The Morgan fingerprint density at radius 3 is 2.50 bits per heavy atom. The molecule has 0 radical (unpaired) electrons. The lowest BCUT2D eigenvalue weighted by atomic mass is 9.90. The Balaban J connectivity index is 1.78. The van der Waals surface area contributed by atoms with Gasteiger partial charge >= 0.3 is 0 Å². The highest BCUT2D eigenvalue weighted by Crippen LogP contribution is 2.34. The molecule has 1 aromatic rings. The van der Waals surface area contributed by atoms with Crippen LogP contribution in [0.15, 0.2) is 12.1 Å². The molecule has 0 unspecified atom stereocenters. The van der Waals surface area contributed by atoms with Crippen LogP contribution in [0.4, 0.5) is 4.39 Å². The number of hydrogen-bond acceptors (Lipinski definition) is 3. The van der Waals surface area contributed by atoms with Crippen molar-refractivity contribution in [2.45, 2.75) is 19.3 Å². The van der Waals surface area contributed by atoms with Gasteiger partial charge in [0.2, 0.25) is 0 Å². The van der Waals surface area contributed by atoms with E-state index in [1.54, 1.807) is 0 Å². The van der Waals surface area contributed by atoms with E-state index in [-0.39, 0.29) is 5.82 Å². The lowest BCUT2D eigenvalue weighted by Gasteiger charge is -2.24. The Morgan fingerprint density at radius 1 is 1.11 bits per heavy atom. The quantitative estimate of drug-likeness (QED) is 0.873. The van der Waals surface area contributed by atoms with E-state index in [0.29, 0.717) is 30.6 Å². The van der Waals surface area contributed by atoms with Crippen molar-refractivity contribution in [2.24, 2.45) is 5.92 Å². The Bertz CT molecular complexity index is 430. The van der Waals surface area contributed by atoms with Crippen molar-refractivity contribution in [1.29, 1.82) is 0 Å². The Kier molecular flexibility index (Phi) is 3.37. The first-order valence-electron chi connectivity index (χ1n) is 6.61. The van der Waals surface area contributed by atoms with Crippen LogP contribution in [0.3, 0.4) is 0 Å². The standard InChI is InChI=1S/C14H18FNO2/c15-12-9-14-13(17-5-6-18-14)8-11(12)7-10-1-3-16-4-2-10/h8-10,16H,1-7H2. The predicted molar refractivity (Wildman–Crippen MR) is 66.7 cm³/mol. The van der Waals surface area contributed by atoms with Crippen molar-refractivity contribution in [3.8, 4) is 11.5 Å². The van der Waals surface area contributed by atoms with Crippen LogP contribution in [-0.4, -0.2) is 26.3 Å². The van der Waals surface area contributed by atoms with Gasteiger partial charge in [0.1, 0.15) is 19.0 Å². The molecule has 2 aliphatic rings. The maximum Gasteiger partial charge on any atom is 0.164 e. The molecule has 0 bridgehead atoms. The van der Waals surface area contributed by atoms with Gasteiger partial charge in [-0.3, -0.25) is 0 Å². The van der Waals surface area contributed by atoms with Crippen LogP contribution < -0.4 is 14.8 Å². The molecule has 1 saturated heterocycles. The first kappa shape index (κ1) is 11.8. The minimum Gasteiger partial charge on any atom is -0.486 e. The highest BCUT2D eigenvalue weighted by molar-refractivity contribution is 5.44. The molecule has 2 heterocycles. The van der Waals surface area contributed by atoms with Crippen molar-refractivity contribution in [3.63, 3.8) is 0 Å². The highest BCUT2D eigenvalue weighted by atomic mass is 19.1. The topological polar surface area (TPSA) is 30.5 Å². The maximum absolute atomic E-state index is 14.0. The molecule has 98 valence electrons. The van der Waals surface area contributed by atoms with Gasteiger partial charge in [0.25, 0.3) is 0 Å². The van der Waals surface area contributed by atoms with E-state index < -0.39 is 0 Å². The molecule has 3 rings (SSSR count). The van der Waals surface area contributed by atoms with Gasteiger partial charge in [-0.05, 0) is 49.9 Å². The molecule has 1 aromatic carbocycles. The average molecular weight is 251 g/mol. The lowest BCUT2D eigenvalue weighted by Crippen LogP contribution is -2.28. The van der Waals surface area contributed by atoms with Crippen LogP contribution in [-0.2, 0) is 6.42 Å². The van der Waals surface area contributed by atoms with E-state index in [2.05, 4.69) is 5.32 Å². The van der Waals surface area contributed by atoms with Crippen LogP contribution in [0.5, 0.6) is 11.5 Å². The molecule has 0 amide bonds. The number of benzene rings is 1. The zero-order chi connectivity index (χ0) is 12.4. The molecule has 3 nitrogen and oxygen atoms in total. The number of ether oxygens (including phenoxy) is 2. The fraction of sp³-hybridized carbons (Fsp3) is 0.571. The summed E-state index contributed by atoms with van der Waals surface area (Å²) >= 11 is 0. The van der Waals surface area contributed by atoms with Gasteiger partial charge in [0.15, 0.2) is 11.5 Å². The Labute approximate surface area is 106 Å². The van der Waals surface area contributed by atoms with E-state index in [1.165, 1.54) is 6.07 Å². The number of rotatable bonds is 2. The minimum absolute atomic E-state index is 0.169. The van der Waals surface area contributed by atoms with Gasteiger partial charge < -0.3 is 14.8 Å². The molecular formula is C14H18FNO2. The van der Waals surface area contributed by atoms with Crippen LogP contribution in [0.2, 0.25) is 0 Å². The first-order chi connectivity index (χ1) is 8.83. The second kappa shape index (κ2) is 5.14. The fourth-order valence-corrected chi connectivity index (χ4v) is 2.66. The third-order valence-corrected chi connectivity index (χ3v) is 3.68. The smallest absolute Gasteiger partial charge is 0.164 e. The number of piperidine rings is 1. The molecule has 0 aromatic heterocycles. The molecule has 0 atom stereocenters. The van der Waals surface area contributed by atoms with Crippen molar-refractivity contribution in [1.82, 2.24) is 5.32 Å².